The Morgan fingerprint density at radius 3 is 2.80 bits per heavy atom. The summed E-state index contributed by atoms with van der Waals surface area (Å²) in [6.07, 6.45) is 1.57. The van der Waals surface area contributed by atoms with Crippen LogP contribution in [0.2, 0.25) is 0 Å². The summed E-state index contributed by atoms with van der Waals surface area (Å²) in [6.45, 7) is 0.592. The summed E-state index contributed by atoms with van der Waals surface area (Å²) >= 11 is 0. The Morgan fingerprint density at radius 2 is 2.05 bits per heavy atom. The molecule has 20 heavy (non-hydrogen) atoms. The second-order valence-corrected chi connectivity index (χ2v) is 4.09. The lowest BCUT2D eigenvalue weighted by molar-refractivity contribution is 0.0594. The SMILES string of the molecule is COC(=O)c1cc(NCc2ccccc2OC)ccn1. The first-order valence-electron chi connectivity index (χ1n) is 6.14. The highest BCUT2D eigenvalue weighted by Crippen LogP contribution is 2.19. The molecule has 0 saturated carbocycles. The van der Waals surface area contributed by atoms with Crippen LogP contribution >= 0.6 is 0 Å². The molecular weight excluding hydrogens is 256 g/mol. The van der Waals surface area contributed by atoms with Crippen molar-refractivity contribution in [1.29, 1.82) is 0 Å². The summed E-state index contributed by atoms with van der Waals surface area (Å²) < 4.78 is 9.93. The van der Waals surface area contributed by atoms with Crippen molar-refractivity contribution in [3.63, 3.8) is 0 Å². The monoisotopic (exact) mass is 272 g/mol. The van der Waals surface area contributed by atoms with Gasteiger partial charge in [-0.1, -0.05) is 18.2 Å². The van der Waals surface area contributed by atoms with Gasteiger partial charge in [-0.25, -0.2) is 9.78 Å². The number of aromatic nitrogens is 1. The van der Waals surface area contributed by atoms with Crippen molar-refractivity contribution >= 4 is 11.7 Å². The third-order valence-corrected chi connectivity index (χ3v) is 2.83. The fraction of sp³-hybridized carbons (Fsp3) is 0.200. The molecule has 1 N–H and O–H groups in total. The van der Waals surface area contributed by atoms with E-state index in [0.29, 0.717) is 6.54 Å². The van der Waals surface area contributed by atoms with Crippen molar-refractivity contribution < 1.29 is 14.3 Å². The van der Waals surface area contributed by atoms with Gasteiger partial charge < -0.3 is 14.8 Å². The molecule has 0 amide bonds. The number of carbonyl (C=O) groups excluding carboxylic acids is 1. The molecule has 1 aromatic carbocycles. The molecule has 0 unspecified atom stereocenters. The molecule has 0 radical (unpaired) electrons. The number of carbonyl (C=O) groups is 1. The van der Waals surface area contributed by atoms with Crippen molar-refractivity contribution in [2.75, 3.05) is 19.5 Å². The molecular formula is C15H16N2O3. The Kier molecular flexibility index (Phi) is 4.55. The quantitative estimate of drug-likeness (QED) is 0.847. The largest absolute Gasteiger partial charge is 0.496 e. The summed E-state index contributed by atoms with van der Waals surface area (Å²) in [6, 6.07) is 11.2. The molecule has 0 bridgehead atoms. The molecule has 0 aliphatic heterocycles. The van der Waals surface area contributed by atoms with E-state index in [0.717, 1.165) is 17.0 Å². The number of esters is 1. The van der Waals surface area contributed by atoms with Crippen molar-refractivity contribution in [2.24, 2.45) is 0 Å². The maximum Gasteiger partial charge on any atom is 0.356 e. The van der Waals surface area contributed by atoms with Crippen LogP contribution in [0.3, 0.4) is 0 Å². The van der Waals surface area contributed by atoms with E-state index in [1.807, 2.05) is 24.3 Å². The highest BCUT2D eigenvalue weighted by atomic mass is 16.5. The van der Waals surface area contributed by atoms with Crippen LogP contribution in [-0.4, -0.2) is 25.2 Å². The minimum Gasteiger partial charge on any atom is -0.496 e. The molecule has 5 heteroatoms. The standard InChI is InChI=1S/C15H16N2O3/c1-19-14-6-4-3-5-11(14)10-17-12-7-8-16-13(9-12)15(18)20-2/h3-9H,10H2,1-2H3,(H,16,17). The average molecular weight is 272 g/mol. The molecule has 0 fully saturated rings. The Balaban J connectivity index is 2.09. The Bertz CT molecular complexity index is 599. The van der Waals surface area contributed by atoms with Crippen molar-refractivity contribution in [1.82, 2.24) is 4.98 Å². The first-order valence-corrected chi connectivity index (χ1v) is 6.14. The highest BCUT2D eigenvalue weighted by molar-refractivity contribution is 5.88. The number of ether oxygens (including phenoxy) is 2. The van der Waals surface area contributed by atoms with E-state index in [1.54, 1.807) is 25.4 Å². The Morgan fingerprint density at radius 1 is 1.25 bits per heavy atom. The zero-order valence-corrected chi connectivity index (χ0v) is 11.4. The van der Waals surface area contributed by atoms with E-state index in [9.17, 15) is 4.79 Å². The molecule has 104 valence electrons. The van der Waals surface area contributed by atoms with Crippen LogP contribution in [0.4, 0.5) is 5.69 Å². The lowest BCUT2D eigenvalue weighted by atomic mass is 10.2. The number of nitrogens with one attached hydrogen (secondary N) is 1. The van der Waals surface area contributed by atoms with E-state index in [-0.39, 0.29) is 5.69 Å². The number of nitrogens with zero attached hydrogens (tertiary/aromatic N) is 1. The second kappa shape index (κ2) is 6.56. The molecule has 2 rings (SSSR count). The molecule has 0 aliphatic carbocycles. The van der Waals surface area contributed by atoms with Crippen LogP contribution in [0.5, 0.6) is 5.75 Å². The normalized spacial score (nSPS) is 9.90. The number of hydrogen-bond donors (Lipinski definition) is 1. The Labute approximate surface area is 117 Å². The summed E-state index contributed by atoms with van der Waals surface area (Å²) in [4.78, 5) is 15.4. The van der Waals surface area contributed by atoms with Gasteiger partial charge in [0.15, 0.2) is 0 Å². The number of benzene rings is 1. The molecule has 5 nitrogen and oxygen atoms in total. The van der Waals surface area contributed by atoms with E-state index in [2.05, 4.69) is 15.0 Å². The third kappa shape index (κ3) is 3.26. The molecule has 1 heterocycles. The van der Waals surface area contributed by atoms with Crippen LogP contribution in [0, 0.1) is 0 Å². The minimum absolute atomic E-state index is 0.275. The first kappa shape index (κ1) is 13.9. The van der Waals surface area contributed by atoms with Crippen LogP contribution in [0.25, 0.3) is 0 Å². The van der Waals surface area contributed by atoms with Gasteiger partial charge in [0.2, 0.25) is 0 Å². The summed E-state index contributed by atoms with van der Waals surface area (Å²) in [5.74, 6) is 0.369. The van der Waals surface area contributed by atoms with Gasteiger partial charge in [-0.05, 0) is 18.2 Å². The number of anilines is 1. The molecule has 1 aromatic heterocycles. The van der Waals surface area contributed by atoms with Crippen LogP contribution in [0.15, 0.2) is 42.6 Å². The van der Waals surface area contributed by atoms with Gasteiger partial charge in [0, 0.05) is 24.0 Å². The van der Waals surface area contributed by atoms with Gasteiger partial charge in [0.05, 0.1) is 14.2 Å². The second-order valence-electron chi connectivity index (χ2n) is 4.09. The van der Waals surface area contributed by atoms with Crippen molar-refractivity contribution in [3.8, 4) is 5.75 Å². The van der Waals surface area contributed by atoms with Gasteiger partial charge in [-0.2, -0.15) is 0 Å². The summed E-state index contributed by atoms with van der Waals surface area (Å²) in [7, 11) is 2.97. The molecule has 0 saturated heterocycles. The van der Waals surface area contributed by atoms with E-state index >= 15 is 0 Å². The maximum absolute atomic E-state index is 11.4. The average Bonchev–Trinajstić information content (AvgIpc) is 2.52. The third-order valence-electron chi connectivity index (χ3n) is 2.83. The zero-order valence-electron chi connectivity index (χ0n) is 11.4. The van der Waals surface area contributed by atoms with Crippen LogP contribution in [0.1, 0.15) is 16.1 Å². The van der Waals surface area contributed by atoms with Gasteiger partial charge in [0.25, 0.3) is 0 Å². The van der Waals surface area contributed by atoms with Gasteiger partial charge in [-0.15, -0.1) is 0 Å². The Hall–Kier alpha value is -2.56. The maximum atomic E-state index is 11.4. The molecule has 2 aromatic rings. The van der Waals surface area contributed by atoms with Crippen molar-refractivity contribution in [2.45, 2.75) is 6.54 Å². The van der Waals surface area contributed by atoms with Crippen LogP contribution < -0.4 is 10.1 Å². The highest BCUT2D eigenvalue weighted by Gasteiger charge is 2.07. The van der Waals surface area contributed by atoms with E-state index in [1.165, 1.54) is 7.11 Å². The van der Waals surface area contributed by atoms with Gasteiger partial charge in [0.1, 0.15) is 11.4 Å². The number of hydrogen-bond acceptors (Lipinski definition) is 5. The number of pyridine rings is 1. The minimum atomic E-state index is -0.453. The lowest BCUT2D eigenvalue weighted by Gasteiger charge is -2.10. The summed E-state index contributed by atoms with van der Waals surface area (Å²) in [5.41, 5.74) is 2.11. The molecule has 0 spiro atoms. The zero-order chi connectivity index (χ0) is 14.4. The summed E-state index contributed by atoms with van der Waals surface area (Å²) in [5, 5.41) is 3.23. The first-order chi connectivity index (χ1) is 9.74. The van der Waals surface area contributed by atoms with E-state index in [4.69, 9.17) is 4.74 Å². The van der Waals surface area contributed by atoms with Gasteiger partial charge in [-0.3, -0.25) is 0 Å². The molecule has 0 atom stereocenters. The van der Waals surface area contributed by atoms with Crippen molar-refractivity contribution in [3.05, 3.63) is 53.9 Å². The fourth-order valence-electron chi connectivity index (χ4n) is 1.80. The smallest absolute Gasteiger partial charge is 0.356 e. The predicted molar refractivity (Wildman–Crippen MR) is 75.9 cm³/mol. The van der Waals surface area contributed by atoms with E-state index < -0.39 is 5.97 Å². The fourth-order valence-corrected chi connectivity index (χ4v) is 1.80. The van der Waals surface area contributed by atoms with Gasteiger partial charge >= 0.3 is 5.97 Å². The number of methoxy groups -OCH3 is 2. The molecule has 0 aliphatic rings. The predicted octanol–water partition coefficient (Wildman–Crippen LogP) is 2.49. The number of rotatable bonds is 5. The van der Waals surface area contributed by atoms with Crippen LogP contribution in [-0.2, 0) is 11.3 Å². The lowest BCUT2D eigenvalue weighted by Crippen LogP contribution is -2.06. The number of para-hydroxylation sites is 1. The topological polar surface area (TPSA) is 60.5 Å².